The summed E-state index contributed by atoms with van der Waals surface area (Å²) in [6.07, 6.45) is 0.112. The van der Waals surface area contributed by atoms with Crippen molar-refractivity contribution in [1.29, 1.82) is 0 Å². The normalized spacial score (nSPS) is 21.5. The molecule has 5 rings (SSSR count). The Morgan fingerprint density at radius 1 is 0.956 bits per heavy atom. The van der Waals surface area contributed by atoms with Gasteiger partial charge in [-0.25, -0.2) is 0 Å². The van der Waals surface area contributed by atoms with Crippen LogP contribution in [0.25, 0.3) is 0 Å². The van der Waals surface area contributed by atoms with Crippen LogP contribution in [-0.4, -0.2) is 60.4 Å². The van der Waals surface area contributed by atoms with Crippen molar-refractivity contribution < 1.29 is 38.7 Å². The number of rotatable bonds is 12. The van der Waals surface area contributed by atoms with E-state index in [1.165, 1.54) is 11.1 Å². The Morgan fingerprint density at radius 2 is 1.69 bits per heavy atom. The molecule has 0 aromatic heterocycles. The van der Waals surface area contributed by atoms with Gasteiger partial charge in [-0.1, -0.05) is 43.3 Å². The van der Waals surface area contributed by atoms with E-state index in [4.69, 9.17) is 24.1 Å². The lowest BCUT2D eigenvalue weighted by Crippen LogP contribution is -2.45. The van der Waals surface area contributed by atoms with Crippen LogP contribution in [0.4, 0.5) is 5.69 Å². The van der Waals surface area contributed by atoms with Crippen molar-refractivity contribution in [3.8, 4) is 11.5 Å². The number of fused-ring (bicyclic) bond motifs is 1. The van der Waals surface area contributed by atoms with Gasteiger partial charge in [0.25, 0.3) is 0 Å². The molecule has 0 spiro atoms. The van der Waals surface area contributed by atoms with Crippen molar-refractivity contribution in [1.82, 2.24) is 4.90 Å². The second kappa shape index (κ2) is 14.9. The first-order valence-corrected chi connectivity index (χ1v) is 15.4. The Balaban J connectivity index is 1.36. The number of methoxy groups -OCH3 is 2. The van der Waals surface area contributed by atoms with Gasteiger partial charge in [-0.2, -0.15) is 0 Å². The first-order chi connectivity index (χ1) is 21.8. The molecular weight excluding hydrogens is 576 g/mol. The van der Waals surface area contributed by atoms with E-state index in [0.717, 1.165) is 42.0 Å². The van der Waals surface area contributed by atoms with Gasteiger partial charge in [-0.05, 0) is 59.4 Å². The summed E-state index contributed by atoms with van der Waals surface area (Å²) >= 11 is 0. The fourth-order valence-corrected chi connectivity index (χ4v) is 6.07. The molecular formula is C35H42N2O8. The number of hydrogen-bond donors (Lipinski definition) is 3. The van der Waals surface area contributed by atoms with Crippen LogP contribution in [0.2, 0.25) is 0 Å². The summed E-state index contributed by atoms with van der Waals surface area (Å²) in [7, 11) is 3.30. The van der Waals surface area contributed by atoms with E-state index in [1.807, 2.05) is 42.5 Å². The number of carboxylic acids is 1. The number of amides is 1. The second-order valence-electron chi connectivity index (χ2n) is 11.7. The Labute approximate surface area is 263 Å². The number of nitrogens with zero attached hydrogens (tertiary/aromatic N) is 1. The van der Waals surface area contributed by atoms with Gasteiger partial charge in [-0.15, -0.1) is 0 Å². The zero-order chi connectivity index (χ0) is 31.9. The molecule has 4 atom stereocenters. The minimum Gasteiger partial charge on any atom is -0.493 e. The molecule has 0 aliphatic carbocycles. The predicted molar refractivity (Wildman–Crippen MR) is 168 cm³/mol. The molecule has 0 radical (unpaired) electrons. The first kappa shape index (κ1) is 32.4. The third kappa shape index (κ3) is 8.01. The second-order valence-corrected chi connectivity index (χ2v) is 11.7. The fraction of sp³-hybridized carbons (Fsp3) is 0.429. The van der Waals surface area contributed by atoms with Gasteiger partial charge in [0.1, 0.15) is 0 Å². The van der Waals surface area contributed by atoms with Crippen LogP contribution in [0.3, 0.4) is 0 Å². The molecule has 1 saturated heterocycles. The van der Waals surface area contributed by atoms with E-state index in [0.29, 0.717) is 18.0 Å². The fourth-order valence-electron chi connectivity index (χ4n) is 6.07. The quantitative estimate of drug-likeness (QED) is 0.250. The van der Waals surface area contributed by atoms with E-state index < -0.39 is 12.3 Å². The number of hydrogen-bond acceptors (Lipinski definition) is 8. The van der Waals surface area contributed by atoms with Gasteiger partial charge >= 0.3 is 5.97 Å². The Kier molecular flexibility index (Phi) is 10.7. The summed E-state index contributed by atoms with van der Waals surface area (Å²) < 4.78 is 24.4. The monoisotopic (exact) mass is 618 g/mol. The number of aliphatic carboxylic acids is 1. The van der Waals surface area contributed by atoms with Crippen molar-refractivity contribution in [2.75, 3.05) is 32.6 Å². The maximum absolute atomic E-state index is 12.4. The van der Waals surface area contributed by atoms with Crippen molar-refractivity contribution >= 4 is 17.6 Å². The average Bonchev–Trinajstić information content (AvgIpc) is 3.05. The van der Waals surface area contributed by atoms with Crippen LogP contribution in [-0.2, 0) is 38.6 Å². The molecule has 240 valence electrons. The molecule has 3 aromatic rings. The Bertz CT molecular complexity index is 1480. The summed E-state index contributed by atoms with van der Waals surface area (Å²) in [4.78, 5) is 25.7. The van der Waals surface area contributed by atoms with Crippen LogP contribution < -0.4 is 14.8 Å². The minimum atomic E-state index is -0.922. The zero-order valence-corrected chi connectivity index (χ0v) is 26.0. The number of aliphatic hydroxyl groups excluding tert-OH is 1. The van der Waals surface area contributed by atoms with Gasteiger partial charge < -0.3 is 34.5 Å². The summed E-state index contributed by atoms with van der Waals surface area (Å²) in [5.41, 5.74) is 5.66. The van der Waals surface area contributed by atoms with Crippen LogP contribution in [0.15, 0.2) is 60.7 Å². The number of ether oxygens (including phenoxy) is 4. The predicted octanol–water partition coefficient (Wildman–Crippen LogP) is 5.24. The molecule has 1 fully saturated rings. The highest BCUT2D eigenvalue weighted by atomic mass is 16.7. The third-order valence-electron chi connectivity index (χ3n) is 8.60. The smallest absolute Gasteiger partial charge is 0.303 e. The van der Waals surface area contributed by atoms with Gasteiger partial charge in [0, 0.05) is 49.6 Å². The van der Waals surface area contributed by atoms with Crippen molar-refractivity contribution in [3.05, 3.63) is 88.5 Å². The molecule has 2 heterocycles. The summed E-state index contributed by atoms with van der Waals surface area (Å²) in [6.45, 7) is 4.44. The Morgan fingerprint density at radius 3 is 2.38 bits per heavy atom. The molecule has 10 heteroatoms. The van der Waals surface area contributed by atoms with Crippen molar-refractivity contribution in [3.63, 3.8) is 0 Å². The summed E-state index contributed by atoms with van der Waals surface area (Å²) in [6, 6.07) is 19.3. The lowest BCUT2D eigenvalue weighted by atomic mass is 9.89. The highest BCUT2D eigenvalue weighted by molar-refractivity contribution is 5.90. The number of carbonyl (C=O) groups is 2. The first-order valence-electron chi connectivity index (χ1n) is 15.4. The van der Waals surface area contributed by atoms with E-state index in [2.05, 4.69) is 29.3 Å². The van der Waals surface area contributed by atoms with Crippen LogP contribution in [0.1, 0.15) is 66.4 Å². The number of nitrogens with one attached hydrogen (secondary N) is 1. The number of anilines is 1. The van der Waals surface area contributed by atoms with E-state index >= 15 is 0 Å². The molecule has 0 bridgehead atoms. The lowest BCUT2D eigenvalue weighted by molar-refractivity contribution is -0.276. The molecule has 2 aliphatic heterocycles. The molecule has 0 saturated carbocycles. The zero-order valence-electron chi connectivity index (χ0n) is 26.0. The number of aliphatic hydroxyl groups is 1. The highest BCUT2D eigenvalue weighted by Gasteiger charge is 2.39. The van der Waals surface area contributed by atoms with Crippen LogP contribution in [0.5, 0.6) is 11.5 Å². The van der Waals surface area contributed by atoms with Crippen LogP contribution in [0, 0.1) is 5.92 Å². The Hall–Kier alpha value is -3.96. The largest absolute Gasteiger partial charge is 0.493 e. The maximum Gasteiger partial charge on any atom is 0.303 e. The molecule has 1 amide bonds. The molecule has 3 aromatic carbocycles. The molecule has 3 N–H and O–H groups in total. The van der Waals surface area contributed by atoms with Gasteiger partial charge in [0.15, 0.2) is 17.8 Å². The summed E-state index contributed by atoms with van der Waals surface area (Å²) in [5, 5.41) is 21.3. The average molecular weight is 619 g/mol. The van der Waals surface area contributed by atoms with E-state index in [1.54, 1.807) is 20.3 Å². The topological polar surface area (TPSA) is 127 Å². The van der Waals surface area contributed by atoms with Gasteiger partial charge in [-0.3, -0.25) is 14.5 Å². The van der Waals surface area contributed by atoms with Gasteiger partial charge in [0.05, 0.1) is 33.0 Å². The molecule has 2 aliphatic rings. The van der Waals surface area contributed by atoms with Crippen LogP contribution >= 0.6 is 0 Å². The minimum absolute atomic E-state index is 0.0187. The maximum atomic E-state index is 12.4. The van der Waals surface area contributed by atoms with E-state index in [9.17, 15) is 14.7 Å². The molecule has 4 unspecified atom stereocenters. The molecule has 45 heavy (non-hydrogen) atoms. The lowest BCUT2D eigenvalue weighted by Gasteiger charge is -2.43. The number of carboxylic acid groups (broad SMARTS) is 1. The van der Waals surface area contributed by atoms with E-state index in [-0.39, 0.29) is 49.9 Å². The number of carbonyl (C=O) groups excluding carboxylic acids is 1. The standard InChI is InChI=1S/C35H42N2O8/c1-22-31(20-37-15-14-25-17-29(42-2)30(43-3)18-27(25)19-37)44-35(45-34(22)24-12-10-23(21-38)11-13-24)26-6-4-7-28(16-26)36-32(39)8-5-9-33(40)41/h4,6-7,10-13,16-18,22,31,34-35,38H,5,8-9,14-15,19-21H2,1-3H3,(H,36,39)(H,40,41). The highest BCUT2D eigenvalue weighted by Crippen LogP contribution is 2.43. The SMILES string of the molecule is COc1cc2c(cc1OC)CN(CC1OC(c3cccc(NC(=O)CCCC(=O)O)c3)OC(c3ccc(CO)cc3)C1C)CC2. The molecule has 10 nitrogen and oxygen atoms in total. The third-order valence-corrected chi connectivity index (χ3v) is 8.60. The number of benzene rings is 3. The van der Waals surface area contributed by atoms with Gasteiger partial charge in [0.2, 0.25) is 5.91 Å². The summed E-state index contributed by atoms with van der Waals surface area (Å²) in [5.74, 6) is 0.309. The van der Waals surface area contributed by atoms with Crippen molar-refractivity contribution in [2.45, 2.75) is 64.3 Å². The van der Waals surface area contributed by atoms with Crippen molar-refractivity contribution in [2.24, 2.45) is 5.92 Å².